The third-order valence-corrected chi connectivity index (χ3v) is 4.55. The highest BCUT2D eigenvalue weighted by Crippen LogP contribution is 2.22. The van der Waals surface area contributed by atoms with Gasteiger partial charge >= 0.3 is 0 Å². The summed E-state index contributed by atoms with van der Waals surface area (Å²) < 4.78 is 26.8. The van der Waals surface area contributed by atoms with Crippen molar-refractivity contribution in [3.05, 3.63) is 70.8 Å². The van der Waals surface area contributed by atoms with Gasteiger partial charge in [0, 0.05) is 24.2 Å². The minimum atomic E-state index is -0.965. The SMILES string of the molecule is CC1(O)CCN(C(=O)c2ccc(C#Cc3cccc(F)c3F)cc2)CC1. The van der Waals surface area contributed by atoms with Gasteiger partial charge in [0.15, 0.2) is 11.6 Å². The molecule has 134 valence electrons. The molecule has 0 saturated carbocycles. The number of hydrogen-bond donors (Lipinski definition) is 1. The fourth-order valence-corrected chi connectivity index (χ4v) is 2.81. The number of piperidine rings is 1. The topological polar surface area (TPSA) is 40.5 Å². The summed E-state index contributed by atoms with van der Waals surface area (Å²) in [6.45, 7) is 2.82. The van der Waals surface area contributed by atoms with Gasteiger partial charge < -0.3 is 10.0 Å². The molecule has 0 bridgehead atoms. The molecular formula is C21H19F2NO2. The van der Waals surface area contributed by atoms with E-state index in [9.17, 15) is 18.7 Å². The van der Waals surface area contributed by atoms with Crippen molar-refractivity contribution >= 4 is 5.91 Å². The minimum absolute atomic E-state index is 0.00878. The van der Waals surface area contributed by atoms with Gasteiger partial charge in [-0.1, -0.05) is 17.9 Å². The van der Waals surface area contributed by atoms with Gasteiger partial charge in [0.05, 0.1) is 11.2 Å². The van der Waals surface area contributed by atoms with Crippen molar-refractivity contribution in [1.29, 1.82) is 0 Å². The number of nitrogens with zero attached hydrogens (tertiary/aromatic N) is 1. The zero-order chi connectivity index (χ0) is 18.7. The predicted molar refractivity (Wildman–Crippen MR) is 94.5 cm³/mol. The van der Waals surface area contributed by atoms with Crippen LogP contribution in [0.4, 0.5) is 8.78 Å². The summed E-state index contributed by atoms with van der Waals surface area (Å²) in [4.78, 5) is 14.2. The Kier molecular flexibility index (Phi) is 5.06. The molecule has 5 heteroatoms. The van der Waals surface area contributed by atoms with Crippen LogP contribution in [0.3, 0.4) is 0 Å². The Morgan fingerprint density at radius 1 is 1.08 bits per heavy atom. The van der Waals surface area contributed by atoms with E-state index in [-0.39, 0.29) is 11.5 Å². The molecule has 1 amide bonds. The molecule has 1 fully saturated rings. The largest absolute Gasteiger partial charge is 0.390 e. The highest BCUT2D eigenvalue weighted by Gasteiger charge is 2.29. The molecule has 1 aliphatic heterocycles. The van der Waals surface area contributed by atoms with Crippen LogP contribution in [0.15, 0.2) is 42.5 Å². The Morgan fingerprint density at radius 2 is 1.73 bits per heavy atom. The van der Waals surface area contributed by atoms with Crippen LogP contribution in [0, 0.1) is 23.5 Å². The Balaban J connectivity index is 1.70. The van der Waals surface area contributed by atoms with E-state index in [1.807, 2.05) is 0 Å². The standard InChI is InChI=1S/C21H19F2NO2/c1-21(26)11-13-24(14-12-21)20(25)17-9-6-15(7-10-17)5-8-16-3-2-4-18(22)19(16)23/h2-4,6-7,9-10,26H,11-14H2,1H3. The smallest absolute Gasteiger partial charge is 0.253 e. The highest BCUT2D eigenvalue weighted by molar-refractivity contribution is 5.94. The zero-order valence-electron chi connectivity index (χ0n) is 14.4. The lowest BCUT2D eigenvalue weighted by Crippen LogP contribution is -2.45. The van der Waals surface area contributed by atoms with Crippen molar-refractivity contribution in [3.63, 3.8) is 0 Å². The second-order valence-corrected chi connectivity index (χ2v) is 6.72. The summed E-state index contributed by atoms with van der Waals surface area (Å²) in [6.07, 6.45) is 1.11. The van der Waals surface area contributed by atoms with Gasteiger partial charge in [-0.3, -0.25) is 4.79 Å². The van der Waals surface area contributed by atoms with Crippen LogP contribution in [0.2, 0.25) is 0 Å². The summed E-state index contributed by atoms with van der Waals surface area (Å²) >= 11 is 0. The van der Waals surface area contributed by atoms with Crippen LogP contribution in [-0.2, 0) is 0 Å². The Morgan fingerprint density at radius 3 is 2.38 bits per heavy atom. The first-order valence-electron chi connectivity index (χ1n) is 8.43. The molecule has 3 nitrogen and oxygen atoms in total. The van der Waals surface area contributed by atoms with Crippen molar-refractivity contribution in [2.24, 2.45) is 0 Å². The second-order valence-electron chi connectivity index (χ2n) is 6.72. The van der Waals surface area contributed by atoms with Crippen molar-refractivity contribution < 1.29 is 18.7 Å². The van der Waals surface area contributed by atoms with E-state index in [1.165, 1.54) is 12.1 Å². The molecule has 0 radical (unpaired) electrons. The quantitative estimate of drug-likeness (QED) is 0.797. The molecule has 0 aromatic heterocycles. The fourth-order valence-electron chi connectivity index (χ4n) is 2.81. The number of likely N-dealkylation sites (tertiary alicyclic amines) is 1. The zero-order valence-corrected chi connectivity index (χ0v) is 14.4. The number of rotatable bonds is 1. The van der Waals surface area contributed by atoms with Gasteiger partial charge in [-0.25, -0.2) is 8.78 Å². The fraction of sp³-hybridized carbons (Fsp3) is 0.286. The van der Waals surface area contributed by atoms with E-state index in [2.05, 4.69) is 11.8 Å². The molecule has 0 aliphatic carbocycles. The molecule has 0 atom stereocenters. The van der Waals surface area contributed by atoms with E-state index in [1.54, 1.807) is 36.1 Å². The van der Waals surface area contributed by atoms with Crippen LogP contribution in [0.5, 0.6) is 0 Å². The molecular weight excluding hydrogens is 336 g/mol. The molecule has 2 aromatic rings. The van der Waals surface area contributed by atoms with Crippen LogP contribution in [0.25, 0.3) is 0 Å². The first-order valence-corrected chi connectivity index (χ1v) is 8.43. The third-order valence-electron chi connectivity index (χ3n) is 4.55. The number of benzene rings is 2. The van der Waals surface area contributed by atoms with Crippen molar-refractivity contribution in [3.8, 4) is 11.8 Å². The van der Waals surface area contributed by atoms with E-state index < -0.39 is 17.2 Å². The molecule has 0 unspecified atom stereocenters. The van der Waals surface area contributed by atoms with Crippen molar-refractivity contribution in [2.45, 2.75) is 25.4 Å². The van der Waals surface area contributed by atoms with Gasteiger partial charge in [-0.05, 0) is 56.2 Å². The first-order chi connectivity index (χ1) is 12.4. The normalized spacial score (nSPS) is 15.9. The number of carbonyl (C=O) groups is 1. The lowest BCUT2D eigenvalue weighted by Gasteiger charge is -2.35. The van der Waals surface area contributed by atoms with Crippen molar-refractivity contribution in [1.82, 2.24) is 4.90 Å². The van der Waals surface area contributed by atoms with Crippen LogP contribution in [0.1, 0.15) is 41.3 Å². The summed E-state index contributed by atoms with van der Waals surface area (Å²) in [5.41, 5.74) is 0.425. The van der Waals surface area contributed by atoms with E-state index in [4.69, 9.17) is 0 Å². The molecule has 1 heterocycles. The lowest BCUT2D eigenvalue weighted by molar-refractivity contribution is -0.00202. The maximum atomic E-state index is 13.6. The molecule has 1 saturated heterocycles. The minimum Gasteiger partial charge on any atom is -0.390 e. The molecule has 3 rings (SSSR count). The van der Waals surface area contributed by atoms with Crippen molar-refractivity contribution in [2.75, 3.05) is 13.1 Å². The van der Waals surface area contributed by atoms with Gasteiger partial charge in [0.2, 0.25) is 0 Å². The van der Waals surface area contributed by atoms with Gasteiger partial charge in [-0.2, -0.15) is 0 Å². The summed E-state index contributed by atoms with van der Waals surface area (Å²) in [5.74, 6) is 3.39. The highest BCUT2D eigenvalue weighted by atomic mass is 19.2. The first kappa shape index (κ1) is 18.1. The van der Waals surface area contributed by atoms with E-state index in [0.29, 0.717) is 37.1 Å². The maximum Gasteiger partial charge on any atom is 0.253 e. The molecule has 2 aromatic carbocycles. The van der Waals surface area contributed by atoms with Gasteiger partial charge in [0.1, 0.15) is 0 Å². The van der Waals surface area contributed by atoms with E-state index >= 15 is 0 Å². The molecule has 1 aliphatic rings. The monoisotopic (exact) mass is 355 g/mol. The molecule has 0 spiro atoms. The maximum absolute atomic E-state index is 13.6. The number of hydrogen-bond acceptors (Lipinski definition) is 2. The average molecular weight is 355 g/mol. The number of amides is 1. The predicted octanol–water partition coefficient (Wildman–Crippen LogP) is 3.35. The van der Waals surface area contributed by atoms with Crippen LogP contribution < -0.4 is 0 Å². The summed E-state index contributed by atoms with van der Waals surface area (Å²) in [5, 5.41) is 9.97. The average Bonchev–Trinajstić information content (AvgIpc) is 2.63. The van der Waals surface area contributed by atoms with Gasteiger partial charge in [0.25, 0.3) is 5.91 Å². The number of halogens is 2. The van der Waals surface area contributed by atoms with Crippen LogP contribution in [-0.4, -0.2) is 34.6 Å². The molecule has 26 heavy (non-hydrogen) atoms. The number of carbonyl (C=O) groups excluding carboxylic acids is 1. The lowest BCUT2D eigenvalue weighted by atomic mass is 9.93. The summed E-state index contributed by atoms with van der Waals surface area (Å²) in [7, 11) is 0. The van der Waals surface area contributed by atoms with Crippen LogP contribution >= 0.6 is 0 Å². The number of aliphatic hydroxyl groups is 1. The second kappa shape index (κ2) is 7.27. The third kappa shape index (κ3) is 4.09. The molecule has 1 N–H and O–H groups in total. The Hall–Kier alpha value is -2.71. The Labute approximate surface area is 151 Å². The van der Waals surface area contributed by atoms with Gasteiger partial charge in [-0.15, -0.1) is 0 Å². The Bertz CT molecular complexity index is 869. The summed E-state index contributed by atoms with van der Waals surface area (Å²) in [6, 6.07) is 10.5. The van der Waals surface area contributed by atoms with E-state index in [0.717, 1.165) is 6.07 Å².